The van der Waals surface area contributed by atoms with E-state index in [9.17, 15) is 27.6 Å². The molecule has 186 valence electrons. The molecule has 10 heteroatoms. The highest BCUT2D eigenvalue weighted by Crippen LogP contribution is 2.61. The molecule has 3 aliphatic heterocycles. The molecule has 3 heterocycles. The van der Waals surface area contributed by atoms with Crippen LogP contribution in [0.4, 0.5) is 18.9 Å². The monoisotopic (exact) mass is 497 g/mol. The van der Waals surface area contributed by atoms with Crippen LogP contribution in [0, 0.1) is 30.1 Å². The first-order valence-electron chi connectivity index (χ1n) is 11.4. The Hall–Kier alpha value is -3.71. The number of halogens is 3. The standard InChI is InChI=1S/C26H22F3N3O4/c1-13-4-6-14(7-5-13)21(33)31-18-11-24(2)19-20(25(18,3)36-24)23(35)32(22(19)34)16-9-8-15(12-30)17(10-16)26(27,28)29/h4-10,18-20H,11H2,1-3H3,(H,31,33)/t18-,19-,20+,24?,25?/m1/s1. The molecule has 36 heavy (non-hydrogen) atoms. The fourth-order valence-electron chi connectivity index (χ4n) is 5.95. The zero-order valence-corrected chi connectivity index (χ0v) is 19.6. The summed E-state index contributed by atoms with van der Waals surface area (Å²) in [5.74, 6) is -3.60. The maximum atomic E-state index is 13.6. The molecule has 2 aromatic rings. The van der Waals surface area contributed by atoms with Gasteiger partial charge in [0.1, 0.15) is 0 Å². The first-order chi connectivity index (χ1) is 16.8. The van der Waals surface area contributed by atoms with E-state index in [1.807, 2.05) is 6.92 Å². The number of benzene rings is 2. The van der Waals surface area contributed by atoms with E-state index in [2.05, 4.69) is 5.32 Å². The molecule has 1 N–H and O–H groups in total. The van der Waals surface area contributed by atoms with Gasteiger partial charge in [0.15, 0.2) is 0 Å². The molecule has 3 fully saturated rings. The summed E-state index contributed by atoms with van der Waals surface area (Å²) in [6, 6.07) is 10.6. The number of anilines is 1. The van der Waals surface area contributed by atoms with Gasteiger partial charge in [-0.15, -0.1) is 0 Å². The van der Waals surface area contributed by atoms with Gasteiger partial charge in [0.05, 0.1) is 52.0 Å². The third-order valence-electron chi connectivity index (χ3n) is 7.64. The second-order valence-electron chi connectivity index (χ2n) is 10.0. The van der Waals surface area contributed by atoms with E-state index in [1.165, 1.54) is 6.07 Å². The van der Waals surface area contributed by atoms with Crippen LogP contribution in [-0.4, -0.2) is 35.0 Å². The van der Waals surface area contributed by atoms with Crippen molar-refractivity contribution in [3.05, 3.63) is 64.7 Å². The maximum Gasteiger partial charge on any atom is 0.417 e. The Bertz CT molecular complexity index is 1350. The summed E-state index contributed by atoms with van der Waals surface area (Å²) in [4.78, 5) is 40.6. The summed E-state index contributed by atoms with van der Waals surface area (Å²) < 4.78 is 46.8. The predicted octanol–water partition coefficient (Wildman–Crippen LogP) is 3.74. The van der Waals surface area contributed by atoms with Crippen LogP contribution in [0.5, 0.6) is 0 Å². The van der Waals surface area contributed by atoms with Gasteiger partial charge in [0, 0.05) is 12.0 Å². The number of amides is 3. The third kappa shape index (κ3) is 3.33. The van der Waals surface area contributed by atoms with Crippen molar-refractivity contribution in [2.45, 2.75) is 50.6 Å². The average molecular weight is 497 g/mol. The second-order valence-corrected chi connectivity index (χ2v) is 10.0. The first-order valence-corrected chi connectivity index (χ1v) is 11.4. The number of aryl methyl sites for hydroxylation is 1. The molecule has 7 nitrogen and oxygen atoms in total. The molecule has 3 saturated heterocycles. The molecule has 2 unspecified atom stereocenters. The Morgan fingerprint density at radius 1 is 1.11 bits per heavy atom. The molecular formula is C26H22F3N3O4. The Morgan fingerprint density at radius 3 is 2.36 bits per heavy atom. The van der Waals surface area contributed by atoms with Crippen LogP contribution in [0.3, 0.4) is 0 Å². The molecule has 2 bridgehead atoms. The predicted molar refractivity (Wildman–Crippen MR) is 121 cm³/mol. The zero-order valence-electron chi connectivity index (χ0n) is 19.6. The molecule has 0 saturated carbocycles. The average Bonchev–Trinajstić information content (AvgIpc) is 3.33. The van der Waals surface area contributed by atoms with Crippen LogP contribution in [0.2, 0.25) is 0 Å². The molecular weight excluding hydrogens is 475 g/mol. The fraction of sp³-hybridized carbons (Fsp3) is 0.385. The number of rotatable bonds is 3. The highest BCUT2D eigenvalue weighted by atomic mass is 19.4. The van der Waals surface area contributed by atoms with E-state index in [-0.39, 0.29) is 18.0 Å². The Labute approximate surface area is 204 Å². The van der Waals surface area contributed by atoms with Crippen LogP contribution in [0.25, 0.3) is 0 Å². The molecule has 5 rings (SSSR count). The smallest absolute Gasteiger partial charge is 0.365 e. The van der Waals surface area contributed by atoms with Gasteiger partial charge in [0.2, 0.25) is 11.8 Å². The second kappa shape index (κ2) is 7.64. The fourth-order valence-corrected chi connectivity index (χ4v) is 5.95. The number of alkyl halides is 3. The lowest BCUT2D eigenvalue weighted by molar-refractivity contribution is -0.138. The number of nitrogens with one attached hydrogen (secondary N) is 1. The van der Waals surface area contributed by atoms with Crippen molar-refractivity contribution in [3.8, 4) is 6.07 Å². The van der Waals surface area contributed by atoms with Gasteiger partial charge < -0.3 is 10.1 Å². The lowest BCUT2D eigenvalue weighted by atomic mass is 9.66. The molecule has 3 amide bonds. The number of nitriles is 1. The zero-order chi connectivity index (χ0) is 26.2. The van der Waals surface area contributed by atoms with Crippen molar-refractivity contribution in [3.63, 3.8) is 0 Å². The maximum absolute atomic E-state index is 13.6. The van der Waals surface area contributed by atoms with Crippen LogP contribution >= 0.6 is 0 Å². The van der Waals surface area contributed by atoms with Crippen molar-refractivity contribution in [1.29, 1.82) is 5.26 Å². The van der Waals surface area contributed by atoms with Crippen LogP contribution < -0.4 is 10.2 Å². The van der Waals surface area contributed by atoms with Crippen LogP contribution in [0.1, 0.15) is 47.3 Å². The lowest BCUT2D eigenvalue weighted by Gasteiger charge is -2.35. The molecule has 5 atom stereocenters. The van der Waals surface area contributed by atoms with E-state index in [0.717, 1.165) is 22.6 Å². The highest BCUT2D eigenvalue weighted by Gasteiger charge is 2.76. The summed E-state index contributed by atoms with van der Waals surface area (Å²) in [5, 5.41) is 12.0. The van der Waals surface area contributed by atoms with Crippen molar-refractivity contribution >= 4 is 23.4 Å². The summed E-state index contributed by atoms with van der Waals surface area (Å²) in [6.07, 6.45) is -4.58. The van der Waals surface area contributed by atoms with E-state index >= 15 is 0 Å². The number of carbonyl (C=O) groups excluding carboxylic acids is 3. The minimum atomic E-state index is -4.84. The van der Waals surface area contributed by atoms with Crippen molar-refractivity contribution in [2.24, 2.45) is 11.8 Å². The van der Waals surface area contributed by atoms with Gasteiger partial charge in [0.25, 0.3) is 5.91 Å². The Kier molecular flexibility index (Phi) is 5.10. The number of imide groups is 1. The topological polar surface area (TPSA) is 99.5 Å². The van der Waals surface area contributed by atoms with Gasteiger partial charge in [-0.3, -0.25) is 14.4 Å². The lowest BCUT2D eigenvalue weighted by Crippen LogP contribution is -2.56. The van der Waals surface area contributed by atoms with Crippen LogP contribution in [0.15, 0.2) is 42.5 Å². The van der Waals surface area contributed by atoms with Crippen molar-refractivity contribution in [2.75, 3.05) is 4.90 Å². The SMILES string of the molecule is Cc1ccc(C(=O)N[C@@H]2CC3(C)OC2(C)[C@@H]2C(=O)N(c4ccc(C#N)c(C(F)(F)F)c4)C(=O)[C@@H]23)cc1. The molecule has 0 aromatic heterocycles. The normalized spacial score (nSPS) is 30.9. The number of ether oxygens (including phenoxy) is 1. The van der Waals surface area contributed by atoms with Gasteiger partial charge in [-0.25, -0.2) is 4.90 Å². The number of carbonyl (C=O) groups is 3. The van der Waals surface area contributed by atoms with Crippen LogP contribution in [-0.2, 0) is 20.5 Å². The Balaban J connectivity index is 1.48. The minimum absolute atomic E-state index is 0.252. The number of fused-ring (bicyclic) bond motifs is 5. The van der Waals surface area contributed by atoms with Gasteiger partial charge in [-0.1, -0.05) is 17.7 Å². The Morgan fingerprint density at radius 2 is 1.75 bits per heavy atom. The first kappa shape index (κ1) is 24.0. The molecule has 0 radical (unpaired) electrons. The quantitative estimate of drug-likeness (QED) is 0.652. The molecule has 2 aromatic carbocycles. The highest BCUT2D eigenvalue weighted by molar-refractivity contribution is 6.23. The van der Waals surface area contributed by atoms with Crippen molar-refractivity contribution in [1.82, 2.24) is 5.32 Å². The largest absolute Gasteiger partial charge is 0.417 e. The van der Waals surface area contributed by atoms with Crippen molar-refractivity contribution < 1.29 is 32.3 Å². The third-order valence-corrected chi connectivity index (χ3v) is 7.64. The molecule has 3 aliphatic rings. The van der Waals surface area contributed by atoms with Gasteiger partial charge >= 0.3 is 6.18 Å². The molecule has 0 aliphatic carbocycles. The minimum Gasteiger partial charge on any atom is -0.365 e. The van der Waals surface area contributed by atoms with E-state index in [1.54, 1.807) is 38.1 Å². The number of nitrogens with zero attached hydrogens (tertiary/aromatic N) is 2. The van der Waals surface area contributed by atoms with E-state index < -0.39 is 58.2 Å². The summed E-state index contributed by atoms with van der Waals surface area (Å²) >= 11 is 0. The molecule has 0 spiro atoms. The number of hydrogen-bond acceptors (Lipinski definition) is 5. The number of hydrogen-bond donors (Lipinski definition) is 1. The van der Waals surface area contributed by atoms with Gasteiger partial charge in [-0.2, -0.15) is 18.4 Å². The summed E-state index contributed by atoms with van der Waals surface area (Å²) in [5.41, 5.74) is -2.98. The van der Waals surface area contributed by atoms with E-state index in [4.69, 9.17) is 10.00 Å². The van der Waals surface area contributed by atoms with Gasteiger partial charge in [-0.05, 0) is 51.1 Å². The summed E-state index contributed by atoms with van der Waals surface area (Å²) in [6.45, 7) is 5.23. The van der Waals surface area contributed by atoms with E-state index in [0.29, 0.717) is 11.6 Å². The summed E-state index contributed by atoms with van der Waals surface area (Å²) in [7, 11) is 0.